The van der Waals surface area contributed by atoms with Crippen LogP contribution in [-0.2, 0) is 9.53 Å². The third kappa shape index (κ3) is 4.46. The van der Waals surface area contributed by atoms with Gasteiger partial charge in [0.05, 0.1) is 10.7 Å². The second-order valence-electron chi connectivity index (χ2n) is 5.72. The van der Waals surface area contributed by atoms with Gasteiger partial charge in [-0.05, 0) is 50.1 Å². The average molecular weight is 378 g/mol. The van der Waals surface area contributed by atoms with Gasteiger partial charge in [-0.1, -0.05) is 17.7 Å². The van der Waals surface area contributed by atoms with Gasteiger partial charge in [0.15, 0.2) is 12.4 Å². The number of aromatic amines is 1. The number of aromatic nitrogens is 1. The van der Waals surface area contributed by atoms with E-state index in [2.05, 4.69) is 4.98 Å². The molecule has 0 radical (unpaired) electrons. The molecule has 0 aliphatic rings. The van der Waals surface area contributed by atoms with Crippen LogP contribution in [0, 0.1) is 19.7 Å². The summed E-state index contributed by atoms with van der Waals surface area (Å²) in [5, 5.41) is -0.0606. The van der Waals surface area contributed by atoms with Gasteiger partial charge in [-0.3, -0.25) is 9.59 Å². The van der Waals surface area contributed by atoms with E-state index in [1.807, 2.05) is 0 Å². The van der Waals surface area contributed by atoms with E-state index in [1.165, 1.54) is 31.2 Å². The molecule has 1 aromatic heterocycles. The fourth-order valence-electron chi connectivity index (χ4n) is 2.59. The molecule has 5 nitrogen and oxygen atoms in total. The second-order valence-corrected chi connectivity index (χ2v) is 6.13. The van der Waals surface area contributed by atoms with Gasteiger partial charge >= 0.3 is 5.97 Å². The summed E-state index contributed by atoms with van der Waals surface area (Å²) in [6.07, 6.45) is 2.51. The molecule has 0 unspecified atom stereocenters. The molecule has 136 valence electrons. The number of H-pyrrole nitrogens is 1. The first-order valence-electron chi connectivity index (χ1n) is 7.74. The number of ketones is 2. The van der Waals surface area contributed by atoms with E-state index < -0.39 is 24.2 Å². The summed E-state index contributed by atoms with van der Waals surface area (Å²) in [5.74, 6) is -1.87. The number of aryl methyl sites for hydroxylation is 1. The van der Waals surface area contributed by atoms with Crippen LogP contribution >= 0.6 is 11.6 Å². The Kier molecular flexibility index (Phi) is 6.10. The lowest BCUT2D eigenvalue weighted by molar-refractivity contribution is -0.136. The molecule has 0 fully saturated rings. The highest BCUT2D eigenvalue weighted by Gasteiger charge is 2.20. The zero-order chi connectivity index (χ0) is 19.4. The van der Waals surface area contributed by atoms with Gasteiger partial charge in [0.2, 0.25) is 5.78 Å². The predicted molar refractivity (Wildman–Crippen MR) is 96.0 cm³/mol. The number of hydrogen-bond acceptors (Lipinski definition) is 4. The van der Waals surface area contributed by atoms with Crippen molar-refractivity contribution in [1.82, 2.24) is 4.98 Å². The normalized spacial score (nSPS) is 11.0. The number of carbonyl (C=O) groups is 3. The van der Waals surface area contributed by atoms with Crippen molar-refractivity contribution in [1.29, 1.82) is 0 Å². The average Bonchev–Trinajstić information content (AvgIpc) is 2.88. The van der Waals surface area contributed by atoms with Gasteiger partial charge < -0.3 is 9.72 Å². The van der Waals surface area contributed by atoms with Gasteiger partial charge in [0, 0.05) is 17.3 Å². The molecule has 2 aromatic rings. The molecule has 0 saturated carbocycles. The molecule has 0 aliphatic heterocycles. The molecular weight excluding hydrogens is 361 g/mol. The van der Waals surface area contributed by atoms with E-state index in [1.54, 1.807) is 13.8 Å². The van der Waals surface area contributed by atoms with E-state index >= 15 is 0 Å². The summed E-state index contributed by atoms with van der Waals surface area (Å²) in [7, 11) is 0. The van der Waals surface area contributed by atoms with Crippen LogP contribution in [0.5, 0.6) is 0 Å². The Hall–Kier alpha value is -2.73. The molecule has 0 saturated heterocycles. The lowest BCUT2D eigenvalue weighted by atomic mass is 10.1. The Morgan fingerprint density at radius 1 is 1.27 bits per heavy atom. The number of hydrogen-bond donors (Lipinski definition) is 1. The number of esters is 1. The first kappa shape index (κ1) is 19.6. The van der Waals surface area contributed by atoms with Gasteiger partial charge in [-0.25, -0.2) is 9.18 Å². The maximum Gasteiger partial charge on any atom is 0.331 e. The molecule has 0 aliphatic carbocycles. The zero-order valence-corrected chi connectivity index (χ0v) is 15.2. The number of ether oxygens (including phenoxy) is 1. The predicted octanol–water partition coefficient (Wildman–Crippen LogP) is 4.07. The molecule has 0 bridgehead atoms. The largest absolute Gasteiger partial charge is 0.454 e. The quantitative estimate of drug-likeness (QED) is 0.468. The Morgan fingerprint density at radius 2 is 1.96 bits per heavy atom. The van der Waals surface area contributed by atoms with Gasteiger partial charge in [-0.2, -0.15) is 0 Å². The van der Waals surface area contributed by atoms with Crippen LogP contribution in [-0.4, -0.2) is 29.1 Å². The third-order valence-corrected chi connectivity index (χ3v) is 4.06. The van der Waals surface area contributed by atoms with Gasteiger partial charge in [0.1, 0.15) is 5.82 Å². The topological polar surface area (TPSA) is 76.2 Å². The number of rotatable bonds is 6. The molecule has 1 N–H and O–H groups in total. The summed E-state index contributed by atoms with van der Waals surface area (Å²) in [6.45, 7) is 4.31. The Labute approximate surface area is 154 Å². The van der Waals surface area contributed by atoms with Crippen molar-refractivity contribution in [2.45, 2.75) is 20.8 Å². The van der Waals surface area contributed by atoms with E-state index in [-0.39, 0.29) is 16.5 Å². The Morgan fingerprint density at radius 3 is 2.54 bits per heavy atom. The summed E-state index contributed by atoms with van der Waals surface area (Å²) in [5.41, 5.74) is 2.36. The van der Waals surface area contributed by atoms with Crippen molar-refractivity contribution >= 4 is 35.2 Å². The first-order valence-corrected chi connectivity index (χ1v) is 8.11. The number of carbonyl (C=O) groups excluding carboxylic acids is 3. The minimum Gasteiger partial charge on any atom is -0.454 e. The molecular formula is C19H17ClFNO4. The van der Waals surface area contributed by atoms with Crippen LogP contribution in [0.4, 0.5) is 4.39 Å². The van der Waals surface area contributed by atoms with Crippen molar-refractivity contribution in [3.8, 4) is 0 Å². The highest BCUT2D eigenvalue weighted by molar-refractivity contribution is 6.30. The summed E-state index contributed by atoms with van der Waals surface area (Å²) in [6, 6.07) is 3.99. The van der Waals surface area contributed by atoms with Crippen molar-refractivity contribution in [3.05, 3.63) is 63.2 Å². The number of nitrogens with one attached hydrogen (secondary N) is 1. The standard InChI is InChI=1S/C19H17ClFNO4/c1-10-18(12(3)23)11(2)22-19(10)16(24)9-26-17(25)7-5-13-4-6-15(21)14(20)8-13/h4-8,22H,9H2,1-3H3/b7-5+. The van der Waals surface area contributed by atoms with E-state index in [0.29, 0.717) is 22.4 Å². The highest BCUT2D eigenvalue weighted by atomic mass is 35.5. The zero-order valence-electron chi connectivity index (χ0n) is 14.5. The van der Waals surface area contributed by atoms with Crippen LogP contribution in [0.3, 0.4) is 0 Å². The smallest absolute Gasteiger partial charge is 0.331 e. The number of benzene rings is 1. The van der Waals surface area contributed by atoms with E-state index in [4.69, 9.17) is 16.3 Å². The van der Waals surface area contributed by atoms with E-state index in [9.17, 15) is 18.8 Å². The lowest BCUT2D eigenvalue weighted by Crippen LogP contribution is -2.14. The molecule has 1 heterocycles. The van der Waals surface area contributed by atoms with Crippen LogP contribution in [0.25, 0.3) is 6.08 Å². The lowest BCUT2D eigenvalue weighted by Gasteiger charge is -2.02. The molecule has 2 rings (SSSR count). The monoisotopic (exact) mass is 377 g/mol. The summed E-state index contributed by atoms with van der Waals surface area (Å²) in [4.78, 5) is 38.4. The van der Waals surface area contributed by atoms with Crippen LogP contribution in [0.15, 0.2) is 24.3 Å². The fourth-order valence-corrected chi connectivity index (χ4v) is 2.78. The maximum absolute atomic E-state index is 13.1. The maximum atomic E-state index is 13.1. The Bertz CT molecular complexity index is 915. The van der Waals surface area contributed by atoms with Crippen molar-refractivity contribution in [3.63, 3.8) is 0 Å². The highest BCUT2D eigenvalue weighted by Crippen LogP contribution is 2.19. The number of halogens is 2. The minimum absolute atomic E-state index is 0.0606. The Balaban J connectivity index is 2.00. The first-order chi connectivity index (χ1) is 12.2. The van der Waals surface area contributed by atoms with Gasteiger partial charge in [-0.15, -0.1) is 0 Å². The van der Waals surface area contributed by atoms with Gasteiger partial charge in [0.25, 0.3) is 0 Å². The van der Waals surface area contributed by atoms with E-state index in [0.717, 1.165) is 6.08 Å². The molecule has 0 atom stereocenters. The molecule has 26 heavy (non-hydrogen) atoms. The SMILES string of the molecule is CC(=O)c1c(C)[nH]c(C(=O)COC(=O)/C=C/c2ccc(F)c(Cl)c2)c1C. The van der Waals surface area contributed by atoms with Crippen LogP contribution in [0.2, 0.25) is 5.02 Å². The minimum atomic E-state index is -0.730. The molecule has 1 aromatic carbocycles. The molecule has 0 spiro atoms. The van der Waals surface area contributed by atoms with Crippen molar-refractivity contribution in [2.75, 3.05) is 6.61 Å². The summed E-state index contributed by atoms with van der Waals surface area (Å²) < 4.78 is 18.0. The fraction of sp³-hybridized carbons (Fsp3) is 0.211. The second kappa shape index (κ2) is 8.10. The van der Waals surface area contributed by atoms with Crippen molar-refractivity contribution in [2.24, 2.45) is 0 Å². The summed E-state index contributed by atoms with van der Waals surface area (Å²) >= 11 is 5.65. The number of Topliss-reactive ketones (excluding diaryl/α,β-unsaturated/α-hetero) is 2. The molecule has 0 amide bonds. The van der Waals surface area contributed by atoms with Crippen molar-refractivity contribution < 1.29 is 23.5 Å². The van der Waals surface area contributed by atoms with Crippen LogP contribution < -0.4 is 0 Å². The van der Waals surface area contributed by atoms with Crippen LogP contribution in [0.1, 0.15) is 44.6 Å². The molecule has 7 heteroatoms. The third-order valence-electron chi connectivity index (χ3n) is 3.77.